The van der Waals surface area contributed by atoms with E-state index in [1.807, 2.05) is 32.0 Å². The molecule has 0 radical (unpaired) electrons. The highest BCUT2D eigenvalue weighted by Gasteiger charge is 2.13. The molecular weight excluding hydrogens is 445 g/mol. The van der Waals surface area contributed by atoms with Crippen LogP contribution in [-0.4, -0.2) is 45.3 Å². The molecule has 1 aromatic rings. The molecule has 2 unspecified atom stereocenters. The average molecular weight is 477 g/mol. The summed E-state index contributed by atoms with van der Waals surface area (Å²) in [5, 5.41) is 6.35. The van der Waals surface area contributed by atoms with E-state index in [0.29, 0.717) is 38.2 Å². The summed E-state index contributed by atoms with van der Waals surface area (Å²) in [5.41, 5.74) is 1.17. The van der Waals surface area contributed by atoms with Crippen molar-refractivity contribution in [3.8, 4) is 0 Å². The van der Waals surface area contributed by atoms with Crippen molar-refractivity contribution in [1.82, 2.24) is 10.6 Å². The molecule has 1 aromatic carbocycles. The molecule has 1 rings (SSSR count). The van der Waals surface area contributed by atoms with E-state index >= 15 is 0 Å². The summed E-state index contributed by atoms with van der Waals surface area (Å²) in [6.07, 6.45) is 0. The van der Waals surface area contributed by atoms with Crippen LogP contribution in [0.4, 0.5) is 0 Å². The molecule has 0 aliphatic rings. The Bertz CT molecular complexity index is 526. The third-order valence-corrected chi connectivity index (χ3v) is 3.60. The van der Waals surface area contributed by atoms with Crippen molar-refractivity contribution >= 4 is 35.9 Å². The van der Waals surface area contributed by atoms with Gasteiger partial charge in [-0.05, 0) is 18.4 Å². The van der Waals surface area contributed by atoms with Gasteiger partial charge in [0.25, 0.3) is 0 Å². The van der Waals surface area contributed by atoms with Crippen molar-refractivity contribution in [3.05, 3.63) is 35.9 Å². The summed E-state index contributed by atoms with van der Waals surface area (Å²) in [5.74, 6) is 0.553. The summed E-state index contributed by atoms with van der Waals surface area (Å²) in [6.45, 7) is 9.09. The highest BCUT2D eigenvalue weighted by molar-refractivity contribution is 14.0. The van der Waals surface area contributed by atoms with E-state index in [1.165, 1.54) is 12.7 Å². The highest BCUT2D eigenvalue weighted by Crippen LogP contribution is 2.04. The van der Waals surface area contributed by atoms with Gasteiger partial charge in [0.05, 0.1) is 26.2 Å². The molecule has 0 bridgehead atoms. The third-order valence-electron chi connectivity index (χ3n) is 3.60. The van der Waals surface area contributed by atoms with Crippen LogP contribution in [0.15, 0.2) is 35.3 Å². The number of aliphatic imine (C=N–C) groups is 1. The van der Waals surface area contributed by atoms with Crippen LogP contribution in [0.25, 0.3) is 0 Å². The highest BCUT2D eigenvalue weighted by atomic mass is 127. The zero-order chi connectivity index (χ0) is 18.5. The first-order valence-electron chi connectivity index (χ1n) is 8.78. The Morgan fingerprint density at radius 1 is 1.19 bits per heavy atom. The normalized spacial score (nSPS) is 13.3. The maximum atomic E-state index is 11.4. The van der Waals surface area contributed by atoms with Crippen molar-refractivity contribution < 1.29 is 14.3 Å². The third kappa shape index (κ3) is 10.6. The second-order valence-electron chi connectivity index (χ2n) is 6.13. The summed E-state index contributed by atoms with van der Waals surface area (Å²) in [4.78, 5) is 16.0. The summed E-state index contributed by atoms with van der Waals surface area (Å²) in [6, 6.07) is 10.1. The molecule has 0 aliphatic heterocycles. The van der Waals surface area contributed by atoms with E-state index in [9.17, 15) is 4.79 Å². The number of nitrogens with zero attached hydrogens (tertiary/aromatic N) is 1. The van der Waals surface area contributed by atoms with Crippen LogP contribution in [0.3, 0.4) is 0 Å². The SMILES string of the molecule is CCNC(=NCC(C)COCc1ccccc1)NCC(C)C(=O)OC.I. The first-order valence-corrected chi connectivity index (χ1v) is 8.78. The first kappa shape index (κ1) is 24.7. The molecule has 148 valence electrons. The van der Waals surface area contributed by atoms with Gasteiger partial charge in [0.15, 0.2) is 5.96 Å². The molecule has 0 aromatic heterocycles. The van der Waals surface area contributed by atoms with Crippen LogP contribution in [0, 0.1) is 11.8 Å². The lowest BCUT2D eigenvalue weighted by Crippen LogP contribution is -2.41. The summed E-state index contributed by atoms with van der Waals surface area (Å²) < 4.78 is 10.5. The standard InChI is InChI=1S/C19H31N3O3.HI/c1-5-20-19(22-12-16(3)18(23)24-4)21-11-15(2)13-25-14-17-9-7-6-8-10-17;/h6-10,15-16H,5,11-14H2,1-4H3,(H2,20,21,22);1H. The Morgan fingerprint density at radius 2 is 1.88 bits per heavy atom. The fourth-order valence-corrected chi connectivity index (χ4v) is 2.13. The number of esters is 1. The minimum absolute atomic E-state index is 0. The maximum absolute atomic E-state index is 11.4. The number of hydrogen-bond donors (Lipinski definition) is 2. The number of carbonyl (C=O) groups excluding carboxylic acids is 1. The number of methoxy groups -OCH3 is 1. The van der Waals surface area contributed by atoms with Crippen molar-refractivity contribution in [2.75, 3.05) is 33.4 Å². The maximum Gasteiger partial charge on any atom is 0.310 e. The van der Waals surface area contributed by atoms with Crippen LogP contribution in [0.5, 0.6) is 0 Å². The number of carbonyl (C=O) groups is 1. The minimum Gasteiger partial charge on any atom is -0.469 e. The Morgan fingerprint density at radius 3 is 2.50 bits per heavy atom. The number of guanidine groups is 1. The average Bonchev–Trinajstić information content (AvgIpc) is 2.63. The van der Waals surface area contributed by atoms with Gasteiger partial charge in [-0.2, -0.15) is 0 Å². The molecule has 7 heteroatoms. The van der Waals surface area contributed by atoms with Crippen LogP contribution in [0.1, 0.15) is 26.3 Å². The van der Waals surface area contributed by atoms with Crippen LogP contribution >= 0.6 is 24.0 Å². The van der Waals surface area contributed by atoms with E-state index in [2.05, 4.69) is 34.7 Å². The lowest BCUT2D eigenvalue weighted by Gasteiger charge is -2.15. The largest absolute Gasteiger partial charge is 0.469 e. The van der Waals surface area contributed by atoms with Crippen molar-refractivity contribution in [2.24, 2.45) is 16.8 Å². The Hall–Kier alpha value is -1.35. The Labute approximate surface area is 174 Å². The van der Waals surface area contributed by atoms with Crippen LogP contribution in [0.2, 0.25) is 0 Å². The van der Waals surface area contributed by atoms with Gasteiger partial charge in [-0.25, -0.2) is 0 Å². The van der Waals surface area contributed by atoms with Gasteiger partial charge in [-0.3, -0.25) is 9.79 Å². The van der Waals surface area contributed by atoms with Crippen LogP contribution in [-0.2, 0) is 20.9 Å². The topological polar surface area (TPSA) is 72.0 Å². The molecule has 0 spiro atoms. The van der Waals surface area contributed by atoms with Gasteiger partial charge < -0.3 is 20.1 Å². The molecule has 26 heavy (non-hydrogen) atoms. The van der Waals surface area contributed by atoms with Gasteiger partial charge in [-0.1, -0.05) is 44.2 Å². The Balaban J connectivity index is 0.00000625. The summed E-state index contributed by atoms with van der Waals surface area (Å²) >= 11 is 0. The second kappa shape index (κ2) is 14.8. The summed E-state index contributed by atoms with van der Waals surface area (Å²) in [7, 11) is 1.40. The predicted molar refractivity (Wildman–Crippen MR) is 116 cm³/mol. The van der Waals surface area contributed by atoms with Crippen molar-refractivity contribution in [1.29, 1.82) is 0 Å². The number of hydrogen-bond acceptors (Lipinski definition) is 4. The number of rotatable bonds is 10. The fraction of sp³-hybridized carbons (Fsp3) is 0.579. The van der Waals surface area contributed by atoms with Gasteiger partial charge in [-0.15, -0.1) is 24.0 Å². The quantitative estimate of drug-likeness (QED) is 0.235. The number of ether oxygens (including phenoxy) is 2. The van der Waals surface area contributed by atoms with Gasteiger partial charge in [0.1, 0.15) is 0 Å². The van der Waals surface area contributed by atoms with E-state index < -0.39 is 0 Å². The fourth-order valence-electron chi connectivity index (χ4n) is 2.13. The molecule has 0 saturated heterocycles. The first-order chi connectivity index (χ1) is 12.1. The van der Waals surface area contributed by atoms with Crippen LogP contribution < -0.4 is 10.6 Å². The van der Waals surface area contributed by atoms with E-state index in [1.54, 1.807) is 0 Å². The molecule has 0 heterocycles. The molecule has 2 atom stereocenters. The lowest BCUT2D eigenvalue weighted by molar-refractivity contribution is -0.144. The number of benzene rings is 1. The zero-order valence-electron chi connectivity index (χ0n) is 16.2. The molecule has 2 N–H and O–H groups in total. The molecule has 0 fully saturated rings. The number of halogens is 1. The molecule has 0 aliphatic carbocycles. The van der Waals surface area contributed by atoms with Gasteiger partial charge in [0, 0.05) is 19.6 Å². The minimum atomic E-state index is -0.231. The molecule has 0 saturated carbocycles. The number of nitrogens with one attached hydrogen (secondary N) is 2. The second-order valence-corrected chi connectivity index (χ2v) is 6.13. The van der Waals surface area contributed by atoms with Crippen molar-refractivity contribution in [2.45, 2.75) is 27.4 Å². The molecular formula is C19H32IN3O3. The van der Waals surface area contributed by atoms with E-state index in [4.69, 9.17) is 9.47 Å². The van der Waals surface area contributed by atoms with E-state index in [-0.39, 0.29) is 35.9 Å². The van der Waals surface area contributed by atoms with E-state index in [0.717, 1.165) is 6.54 Å². The monoisotopic (exact) mass is 477 g/mol. The Kier molecular flexibility index (Phi) is 14.0. The predicted octanol–water partition coefficient (Wildman–Crippen LogP) is 2.82. The zero-order valence-corrected chi connectivity index (χ0v) is 18.5. The van der Waals surface area contributed by atoms with Crippen molar-refractivity contribution in [3.63, 3.8) is 0 Å². The van der Waals surface area contributed by atoms with Gasteiger partial charge in [0.2, 0.25) is 0 Å². The smallest absolute Gasteiger partial charge is 0.310 e. The van der Waals surface area contributed by atoms with Gasteiger partial charge >= 0.3 is 5.97 Å². The molecule has 0 amide bonds. The molecule has 6 nitrogen and oxygen atoms in total. The lowest BCUT2D eigenvalue weighted by atomic mass is 10.2.